The lowest BCUT2D eigenvalue weighted by molar-refractivity contribution is 0.0956. The highest BCUT2D eigenvalue weighted by Crippen LogP contribution is 2.23. The predicted molar refractivity (Wildman–Crippen MR) is 101 cm³/mol. The molecule has 0 radical (unpaired) electrons. The lowest BCUT2D eigenvalue weighted by atomic mass is 10.0. The van der Waals surface area contributed by atoms with Crippen molar-refractivity contribution in [3.8, 4) is 0 Å². The van der Waals surface area contributed by atoms with Gasteiger partial charge in [0.05, 0.1) is 0 Å². The Morgan fingerprint density at radius 3 is 2.25 bits per heavy atom. The van der Waals surface area contributed by atoms with E-state index in [2.05, 4.69) is 23.5 Å². The summed E-state index contributed by atoms with van der Waals surface area (Å²) in [6.45, 7) is 0.312. The van der Waals surface area contributed by atoms with Gasteiger partial charge in [-0.25, -0.2) is 8.42 Å². The Morgan fingerprint density at radius 2 is 1.58 bits per heavy atom. The molecule has 4 nitrogen and oxygen atoms in total. The van der Waals surface area contributed by atoms with Gasteiger partial charge < -0.3 is 5.32 Å². The maximum Gasteiger partial charge on any atom is 0.251 e. The average Bonchev–Trinajstić information content (AvgIpc) is 2.55. The van der Waals surface area contributed by atoms with Gasteiger partial charge in [-0.2, -0.15) is 0 Å². The summed E-state index contributed by atoms with van der Waals surface area (Å²) in [5, 5.41) is 7.14. The molecule has 0 unspecified atom stereocenters. The third-order valence-corrected chi connectivity index (χ3v) is 6.24. The number of amides is 1. The van der Waals surface area contributed by atoms with Crippen molar-refractivity contribution in [2.75, 3.05) is 18.6 Å². The molecule has 0 aliphatic rings. The average molecular weight is 359 g/mol. The van der Waals surface area contributed by atoms with Gasteiger partial charge in [0.1, 0.15) is 0 Å². The molecule has 0 heterocycles. The highest BCUT2D eigenvalue weighted by atomic mass is 33.1. The molecule has 6 heteroatoms. The van der Waals surface area contributed by atoms with E-state index in [1.807, 2.05) is 30.3 Å². The SMILES string of the molecule is CS(=O)(=O)SCCNC(=O)c1ccc2cc3ccccc3cc2c1. The third kappa shape index (κ3) is 4.07. The smallest absolute Gasteiger partial charge is 0.251 e. The van der Waals surface area contributed by atoms with Gasteiger partial charge in [0.15, 0.2) is 8.87 Å². The Labute approximate surface area is 144 Å². The molecule has 1 N–H and O–H groups in total. The Bertz CT molecular complexity index is 1010. The van der Waals surface area contributed by atoms with Crippen molar-refractivity contribution in [1.29, 1.82) is 0 Å². The molecule has 124 valence electrons. The fourth-order valence-corrected chi connectivity index (χ4v) is 4.19. The van der Waals surface area contributed by atoms with Gasteiger partial charge >= 0.3 is 0 Å². The molecular weight excluding hydrogens is 342 g/mol. The van der Waals surface area contributed by atoms with Crippen LogP contribution in [0.15, 0.2) is 54.6 Å². The first-order valence-corrected chi connectivity index (χ1v) is 10.9. The zero-order valence-corrected chi connectivity index (χ0v) is 14.8. The number of hydrogen-bond donors (Lipinski definition) is 1. The zero-order chi connectivity index (χ0) is 17.2. The van der Waals surface area contributed by atoms with Crippen LogP contribution < -0.4 is 5.32 Å². The standard InChI is InChI=1S/C18H17NO3S2/c1-24(21,22)23-9-8-19-18(20)16-7-6-15-10-13-4-2-3-5-14(13)11-17(15)12-16/h2-7,10-12H,8-9H2,1H3,(H,19,20). The number of benzene rings is 3. The molecule has 0 saturated heterocycles. The summed E-state index contributed by atoms with van der Waals surface area (Å²) >= 11 is 0. The molecule has 0 bridgehead atoms. The second kappa shape index (κ2) is 6.83. The number of nitrogens with one attached hydrogen (secondary N) is 1. The summed E-state index contributed by atoms with van der Waals surface area (Å²) < 4.78 is 22.1. The number of carbonyl (C=O) groups excluding carboxylic acids is 1. The van der Waals surface area contributed by atoms with Crippen LogP contribution in [0.25, 0.3) is 21.5 Å². The van der Waals surface area contributed by atoms with Crippen molar-refractivity contribution in [3.63, 3.8) is 0 Å². The maximum atomic E-state index is 12.2. The van der Waals surface area contributed by atoms with Crippen LogP contribution in [0.1, 0.15) is 10.4 Å². The topological polar surface area (TPSA) is 63.2 Å². The molecule has 3 rings (SSSR count). The molecule has 0 atom stereocenters. The molecule has 1 amide bonds. The van der Waals surface area contributed by atoms with E-state index in [0.717, 1.165) is 33.2 Å². The van der Waals surface area contributed by atoms with Crippen LogP contribution >= 0.6 is 10.8 Å². The predicted octanol–water partition coefficient (Wildman–Crippen LogP) is 3.42. The molecule has 0 fully saturated rings. The molecule has 0 aromatic heterocycles. The normalized spacial score (nSPS) is 11.7. The van der Waals surface area contributed by atoms with E-state index in [1.54, 1.807) is 6.07 Å². The molecule has 0 aliphatic heterocycles. The second-order valence-electron chi connectivity index (χ2n) is 5.54. The minimum Gasteiger partial charge on any atom is -0.351 e. The van der Waals surface area contributed by atoms with Crippen molar-refractivity contribution in [1.82, 2.24) is 5.32 Å². The quantitative estimate of drug-likeness (QED) is 0.431. The van der Waals surface area contributed by atoms with E-state index in [1.165, 1.54) is 5.39 Å². The second-order valence-corrected chi connectivity index (χ2v) is 10.1. The van der Waals surface area contributed by atoms with Crippen LogP contribution in [0.5, 0.6) is 0 Å². The van der Waals surface area contributed by atoms with Gasteiger partial charge in [-0.05, 0) is 56.6 Å². The Morgan fingerprint density at radius 1 is 0.958 bits per heavy atom. The van der Waals surface area contributed by atoms with Crippen molar-refractivity contribution in [2.24, 2.45) is 0 Å². The Kier molecular flexibility index (Phi) is 4.78. The summed E-state index contributed by atoms with van der Waals surface area (Å²) in [4.78, 5) is 12.2. The van der Waals surface area contributed by atoms with Crippen molar-refractivity contribution in [2.45, 2.75) is 0 Å². The monoisotopic (exact) mass is 359 g/mol. The summed E-state index contributed by atoms with van der Waals surface area (Å²) in [7, 11) is -2.24. The van der Waals surface area contributed by atoms with E-state index < -0.39 is 8.87 Å². The third-order valence-electron chi connectivity index (χ3n) is 3.65. The molecule has 0 spiro atoms. The van der Waals surface area contributed by atoms with E-state index >= 15 is 0 Å². The zero-order valence-electron chi connectivity index (χ0n) is 13.2. The van der Waals surface area contributed by atoms with Gasteiger partial charge in [-0.1, -0.05) is 30.3 Å². The van der Waals surface area contributed by atoms with Crippen LogP contribution in [0.3, 0.4) is 0 Å². The lowest BCUT2D eigenvalue weighted by Crippen LogP contribution is -2.25. The van der Waals surface area contributed by atoms with Crippen LogP contribution in [-0.4, -0.2) is 32.9 Å². The summed E-state index contributed by atoms with van der Waals surface area (Å²) in [6.07, 6.45) is 1.16. The maximum absolute atomic E-state index is 12.2. The lowest BCUT2D eigenvalue weighted by Gasteiger charge is -2.07. The van der Waals surface area contributed by atoms with Gasteiger partial charge in [-0.3, -0.25) is 4.79 Å². The van der Waals surface area contributed by atoms with Gasteiger partial charge in [0.25, 0.3) is 5.91 Å². The van der Waals surface area contributed by atoms with Gasteiger partial charge in [0.2, 0.25) is 0 Å². The van der Waals surface area contributed by atoms with Crippen molar-refractivity contribution < 1.29 is 13.2 Å². The van der Waals surface area contributed by atoms with Crippen LogP contribution in [0, 0.1) is 0 Å². The largest absolute Gasteiger partial charge is 0.351 e. The Hall–Kier alpha value is -2.05. The first kappa shape index (κ1) is 16.8. The van der Waals surface area contributed by atoms with Gasteiger partial charge in [0, 0.05) is 24.1 Å². The molecule has 24 heavy (non-hydrogen) atoms. The first-order valence-electron chi connectivity index (χ1n) is 7.47. The molecule has 3 aromatic carbocycles. The number of rotatable bonds is 5. The Balaban J connectivity index is 1.77. The fraction of sp³-hybridized carbons (Fsp3) is 0.167. The van der Waals surface area contributed by atoms with E-state index in [9.17, 15) is 13.2 Å². The van der Waals surface area contributed by atoms with E-state index in [-0.39, 0.29) is 5.91 Å². The van der Waals surface area contributed by atoms with E-state index in [4.69, 9.17) is 0 Å². The summed E-state index contributed by atoms with van der Waals surface area (Å²) in [5.74, 6) is 0.141. The summed E-state index contributed by atoms with van der Waals surface area (Å²) in [5.41, 5.74) is 0.571. The minimum absolute atomic E-state index is 0.195. The molecule has 0 aliphatic carbocycles. The fourth-order valence-electron chi connectivity index (χ4n) is 2.54. The number of fused-ring (bicyclic) bond motifs is 2. The summed E-state index contributed by atoms with van der Waals surface area (Å²) in [6, 6.07) is 17.9. The highest BCUT2D eigenvalue weighted by molar-refractivity contribution is 8.71. The van der Waals surface area contributed by atoms with E-state index in [0.29, 0.717) is 17.9 Å². The minimum atomic E-state index is -3.07. The van der Waals surface area contributed by atoms with Crippen LogP contribution in [0.4, 0.5) is 0 Å². The number of hydrogen-bond acceptors (Lipinski definition) is 4. The molecule has 3 aromatic rings. The van der Waals surface area contributed by atoms with Crippen molar-refractivity contribution >= 4 is 47.1 Å². The highest BCUT2D eigenvalue weighted by Gasteiger charge is 2.08. The molecular formula is C18H17NO3S2. The molecule has 0 saturated carbocycles. The number of carbonyl (C=O) groups is 1. The van der Waals surface area contributed by atoms with Crippen LogP contribution in [-0.2, 0) is 8.87 Å². The van der Waals surface area contributed by atoms with Gasteiger partial charge in [-0.15, -0.1) is 0 Å². The van der Waals surface area contributed by atoms with Crippen LogP contribution in [0.2, 0.25) is 0 Å². The van der Waals surface area contributed by atoms with Crippen molar-refractivity contribution in [3.05, 3.63) is 60.2 Å². The first-order chi connectivity index (χ1) is 11.4.